The highest BCUT2D eigenvalue weighted by molar-refractivity contribution is 6.36. The maximum atomic E-state index is 13.1. The highest BCUT2D eigenvalue weighted by Crippen LogP contribution is 2.23. The number of carbonyl (C=O) groups is 1. The molecule has 0 spiro atoms. The molecular formula is C23H22Cl2N2O2. The third-order valence-corrected chi connectivity index (χ3v) is 5.11. The molecule has 1 aromatic heterocycles. The molecule has 2 aromatic carbocycles. The van der Waals surface area contributed by atoms with Gasteiger partial charge in [-0.15, -0.1) is 6.58 Å². The van der Waals surface area contributed by atoms with Gasteiger partial charge in [-0.3, -0.25) is 4.79 Å². The molecule has 29 heavy (non-hydrogen) atoms. The lowest BCUT2D eigenvalue weighted by Gasteiger charge is -2.23. The summed E-state index contributed by atoms with van der Waals surface area (Å²) in [6.07, 6.45) is 3.71. The van der Waals surface area contributed by atoms with Gasteiger partial charge < -0.3 is 14.2 Å². The highest BCUT2D eigenvalue weighted by atomic mass is 35.5. The summed E-state index contributed by atoms with van der Waals surface area (Å²) in [7, 11) is 1.65. The number of halogens is 2. The van der Waals surface area contributed by atoms with Crippen LogP contribution < -0.4 is 4.74 Å². The summed E-state index contributed by atoms with van der Waals surface area (Å²) >= 11 is 12.2. The molecule has 0 aliphatic heterocycles. The fourth-order valence-corrected chi connectivity index (χ4v) is 3.61. The van der Waals surface area contributed by atoms with E-state index in [0.717, 1.165) is 17.0 Å². The summed E-state index contributed by atoms with van der Waals surface area (Å²) in [5.74, 6) is 0.651. The third-order valence-electron chi connectivity index (χ3n) is 4.56. The number of nitrogens with zero attached hydrogens (tertiary/aromatic N) is 2. The Labute approximate surface area is 180 Å². The van der Waals surface area contributed by atoms with Gasteiger partial charge in [-0.1, -0.05) is 41.4 Å². The van der Waals surface area contributed by atoms with E-state index in [2.05, 4.69) is 11.1 Å². The van der Waals surface area contributed by atoms with Gasteiger partial charge in [0.25, 0.3) is 5.91 Å². The molecule has 150 valence electrons. The smallest absolute Gasteiger partial charge is 0.256 e. The first-order chi connectivity index (χ1) is 14.0. The first-order valence-electron chi connectivity index (χ1n) is 9.14. The van der Waals surface area contributed by atoms with Crippen LogP contribution in [0.1, 0.15) is 21.6 Å². The van der Waals surface area contributed by atoms with Crippen LogP contribution in [0.2, 0.25) is 10.0 Å². The lowest BCUT2D eigenvalue weighted by atomic mass is 10.2. The predicted octanol–water partition coefficient (Wildman–Crippen LogP) is 5.68. The van der Waals surface area contributed by atoms with Crippen LogP contribution in [-0.2, 0) is 13.1 Å². The van der Waals surface area contributed by atoms with E-state index in [0.29, 0.717) is 35.2 Å². The summed E-state index contributed by atoms with van der Waals surface area (Å²) in [4.78, 5) is 14.8. The molecule has 6 heteroatoms. The van der Waals surface area contributed by atoms with E-state index in [1.54, 1.807) is 36.3 Å². The van der Waals surface area contributed by atoms with Crippen molar-refractivity contribution in [3.63, 3.8) is 0 Å². The Morgan fingerprint density at radius 2 is 2.00 bits per heavy atom. The van der Waals surface area contributed by atoms with Gasteiger partial charge in [0.05, 0.1) is 24.2 Å². The molecule has 0 saturated heterocycles. The molecule has 1 amide bonds. The van der Waals surface area contributed by atoms with Crippen molar-refractivity contribution in [3.05, 3.63) is 100 Å². The van der Waals surface area contributed by atoms with Crippen LogP contribution in [0.25, 0.3) is 0 Å². The minimum Gasteiger partial charge on any atom is -0.497 e. The number of carbonyl (C=O) groups excluding carboxylic acids is 1. The number of hydrogen-bond donors (Lipinski definition) is 0. The minimum atomic E-state index is -0.166. The summed E-state index contributed by atoms with van der Waals surface area (Å²) in [5, 5.41) is 0.831. The molecule has 3 aromatic rings. The number of rotatable bonds is 8. The first-order valence-corrected chi connectivity index (χ1v) is 9.89. The second-order valence-electron chi connectivity index (χ2n) is 6.58. The molecule has 1 heterocycles. The van der Waals surface area contributed by atoms with E-state index in [-0.39, 0.29) is 5.91 Å². The average molecular weight is 429 g/mol. The van der Waals surface area contributed by atoms with Gasteiger partial charge in [0.1, 0.15) is 5.75 Å². The zero-order valence-electron chi connectivity index (χ0n) is 16.1. The van der Waals surface area contributed by atoms with E-state index in [1.807, 2.05) is 42.6 Å². The second kappa shape index (κ2) is 9.68. The molecule has 0 unspecified atom stereocenters. The van der Waals surface area contributed by atoms with E-state index < -0.39 is 0 Å². The van der Waals surface area contributed by atoms with Crippen molar-refractivity contribution < 1.29 is 9.53 Å². The molecule has 0 fully saturated rings. The van der Waals surface area contributed by atoms with E-state index in [4.69, 9.17) is 27.9 Å². The number of amides is 1. The molecular weight excluding hydrogens is 407 g/mol. The van der Waals surface area contributed by atoms with Gasteiger partial charge in [-0.05, 0) is 48.0 Å². The lowest BCUT2D eigenvalue weighted by molar-refractivity contribution is 0.0759. The lowest BCUT2D eigenvalue weighted by Crippen LogP contribution is -2.31. The van der Waals surface area contributed by atoms with E-state index >= 15 is 0 Å². The molecule has 0 aliphatic carbocycles. The van der Waals surface area contributed by atoms with Crippen LogP contribution in [0.15, 0.2) is 73.4 Å². The molecule has 0 radical (unpaired) electrons. The van der Waals surface area contributed by atoms with Crippen molar-refractivity contribution in [1.82, 2.24) is 9.47 Å². The number of aromatic nitrogens is 1. The van der Waals surface area contributed by atoms with Crippen molar-refractivity contribution in [1.29, 1.82) is 0 Å². The van der Waals surface area contributed by atoms with Gasteiger partial charge >= 0.3 is 0 Å². The fourth-order valence-electron chi connectivity index (χ4n) is 3.12. The Morgan fingerprint density at radius 1 is 1.17 bits per heavy atom. The molecule has 0 atom stereocenters. The van der Waals surface area contributed by atoms with Crippen molar-refractivity contribution >= 4 is 29.1 Å². The van der Waals surface area contributed by atoms with Crippen molar-refractivity contribution in [2.75, 3.05) is 13.7 Å². The quantitative estimate of drug-likeness (QED) is 0.432. The van der Waals surface area contributed by atoms with Crippen LogP contribution in [0.4, 0.5) is 0 Å². The first kappa shape index (κ1) is 21.0. The van der Waals surface area contributed by atoms with Gasteiger partial charge in [0.2, 0.25) is 0 Å². The van der Waals surface area contributed by atoms with Crippen LogP contribution in [0.5, 0.6) is 5.75 Å². The Bertz CT molecular complexity index is 1010. The van der Waals surface area contributed by atoms with Gasteiger partial charge in [0.15, 0.2) is 0 Å². The zero-order chi connectivity index (χ0) is 20.8. The SMILES string of the molecule is C=CCN(Cc1cccn1Cc1cccc(OC)c1)C(=O)c1ccc(Cl)cc1Cl. The second-order valence-corrected chi connectivity index (χ2v) is 7.42. The topological polar surface area (TPSA) is 34.5 Å². The van der Waals surface area contributed by atoms with Gasteiger partial charge in [0, 0.05) is 30.0 Å². The Morgan fingerprint density at radius 3 is 2.72 bits per heavy atom. The molecule has 3 rings (SSSR count). The summed E-state index contributed by atoms with van der Waals surface area (Å²) in [6, 6.07) is 16.8. The van der Waals surface area contributed by atoms with Crippen LogP contribution >= 0.6 is 23.2 Å². The monoisotopic (exact) mass is 428 g/mol. The van der Waals surface area contributed by atoms with Crippen LogP contribution in [0, 0.1) is 0 Å². The number of methoxy groups -OCH3 is 1. The van der Waals surface area contributed by atoms with Gasteiger partial charge in [-0.25, -0.2) is 0 Å². The van der Waals surface area contributed by atoms with Crippen molar-refractivity contribution in [3.8, 4) is 5.75 Å². The summed E-state index contributed by atoms with van der Waals surface area (Å²) < 4.78 is 7.42. The largest absolute Gasteiger partial charge is 0.497 e. The summed E-state index contributed by atoms with van der Waals surface area (Å²) in [6.45, 7) is 5.30. The summed E-state index contributed by atoms with van der Waals surface area (Å²) in [5.41, 5.74) is 2.54. The Hall–Kier alpha value is -2.69. The standard InChI is InChI=1S/C23H22Cl2N2O2/c1-3-11-27(23(28)21-10-9-18(24)14-22(21)25)16-19-7-5-12-26(19)15-17-6-4-8-20(13-17)29-2/h3-10,12-14H,1,11,15-16H2,2H3. The predicted molar refractivity (Wildman–Crippen MR) is 118 cm³/mol. The molecule has 0 N–H and O–H groups in total. The zero-order valence-corrected chi connectivity index (χ0v) is 17.7. The van der Waals surface area contributed by atoms with E-state index in [9.17, 15) is 4.79 Å². The number of hydrogen-bond acceptors (Lipinski definition) is 2. The normalized spacial score (nSPS) is 10.6. The maximum absolute atomic E-state index is 13.1. The minimum absolute atomic E-state index is 0.166. The van der Waals surface area contributed by atoms with Crippen molar-refractivity contribution in [2.24, 2.45) is 0 Å². The van der Waals surface area contributed by atoms with Crippen LogP contribution in [0.3, 0.4) is 0 Å². The van der Waals surface area contributed by atoms with Gasteiger partial charge in [-0.2, -0.15) is 0 Å². The molecule has 0 saturated carbocycles. The van der Waals surface area contributed by atoms with Crippen molar-refractivity contribution in [2.45, 2.75) is 13.1 Å². The highest BCUT2D eigenvalue weighted by Gasteiger charge is 2.19. The fraction of sp³-hybridized carbons (Fsp3) is 0.174. The van der Waals surface area contributed by atoms with Crippen LogP contribution in [-0.4, -0.2) is 29.0 Å². The Kier molecular flexibility index (Phi) is 7.02. The number of ether oxygens (including phenoxy) is 1. The maximum Gasteiger partial charge on any atom is 0.256 e. The number of benzene rings is 2. The molecule has 0 aliphatic rings. The molecule has 0 bridgehead atoms. The molecule has 4 nitrogen and oxygen atoms in total. The Balaban J connectivity index is 1.82. The third kappa shape index (κ3) is 5.22. The average Bonchev–Trinajstić information content (AvgIpc) is 3.14. The van der Waals surface area contributed by atoms with E-state index in [1.165, 1.54) is 0 Å².